The average molecular weight is 986 g/mol. The minimum atomic E-state index is -2.43. The molecule has 15 heteroatoms. The van der Waals surface area contributed by atoms with Crippen molar-refractivity contribution in [1.82, 2.24) is 4.90 Å². The molecule has 2 N–H and O–H groups in total. The first kappa shape index (κ1) is 59.2. The van der Waals surface area contributed by atoms with Crippen molar-refractivity contribution in [2.24, 2.45) is 35.5 Å². The Morgan fingerprint density at radius 3 is 2.27 bits per heavy atom. The SMILES string of the molecule is CCOCCO[C@@H]1CC[C@@H](C[C@@H](C)[C@@H]2CC(=O)[C@H](C)/C=C(\C)[C@@H](O)[C@@H](OC)C(=O)[C@H](C)C[C@H](C)/C=C/C=C/C=C(\C)[C@@H](OC)C[C@@H]3CC[C@@H](C)C(O)(O3)C(=O)C(=O)N3CCCC[C@H]3C(=O)O2)C[C@H]1OC. The predicted octanol–water partition coefficient (Wildman–Crippen LogP) is 7.24. The Morgan fingerprint density at radius 1 is 0.843 bits per heavy atom. The van der Waals surface area contributed by atoms with Gasteiger partial charge in [0.15, 0.2) is 5.78 Å². The number of methoxy groups -OCH3 is 3. The van der Waals surface area contributed by atoms with Crippen molar-refractivity contribution in [3.05, 3.63) is 47.6 Å². The standard InChI is InChI=1S/C55H87NO14/c1-12-67-26-27-68-45-24-22-41(31-48(45)65-10)30-37(5)47-33-44(57)36(4)29-39(7)50(59)51(66-11)49(58)38(6)28-34(2)18-14-13-15-19-35(3)46(64-9)32-42-23-21-40(8)55(63,70-42)52(60)53(61)56-25-17-16-20-43(56)54(62)69-47/h13-15,18-19,29,34,36-38,40-43,45-48,50-51,59,63H,12,16-17,20-28,30-33H2,1-11H3/b15-13+,18-14+,35-19+,39-29+/t34-,36-,37-,38-,40-,41+,42+,43+,45-,46+,47+,48-,50-,51+,55?/m1/s1. The summed E-state index contributed by atoms with van der Waals surface area (Å²) in [6, 6.07) is -1.14. The lowest BCUT2D eigenvalue weighted by Crippen LogP contribution is -2.61. The molecule has 4 aliphatic rings. The van der Waals surface area contributed by atoms with Gasteiger partial charge >= 0.3 is 5.97 Å². The molecule has 3 heterocycles. The van der Waals surface area contributed by atoms with E-state index in [1.807, 2.05) is 65.0 Å². The maximum Gasteiger partial charge on any atom is 0.329 e. The second-order valence-electron chi connectivity index (χ2n) is 20.6. The van der Waals surface area contributed by atoms with Crippen LogP contribution in [0.2, 0.25) is 0 Å². The normalized spacial score (nSPS) is 38.4. The van der Waals surface area contributed by atoms with Crippen LogP contribution in [0, 0.1) is 35.5 Å². The lowest BCUT2D eigenvalue weighted by Gasteiger charge is -2.42. The summed E-state index contributed by atoms with van der Waals surface area (Å²) in [7, 11) is 4.64. The Labute approximate surface area is 418 Å². The molecule has 2 bridgehead atoms. The number of piperidine rings is 1. The van der Waals surface area contributed by atoms with Gasteiger partial charge in [-0.05, 0) is 114 Å². The number of carbonyl (C=O) groups excluding carboxylic acids is 5. The van der Waals surface area contributed by atoms with Crippen LogP contribution in [0.5, 0.6) is 0 Å². The van der Waals surface area contributed by atoms with E-state index in [1.54, 1.807) is 41.1 Å². The van der Waals surface area contributed by atoms with Crippen LogP contribution < -0.4 is 0 Å². The Bertz CT molecular complexity index is 1840. The van der Waals surface area contributed by atoms with Gasteiger partial charge in [0.05, 0.1) is 37.6 Å². The minimum Gasteiger partial charge on any atom is -0.460 e. The number of hydrogen-bond acceptors (Lipinski definition) is 14. The maximum absolute atomic E-state index is 14.5. The number of rotatable bonds is 11. The third kappa shape index (κ3) is 16.3. The molecule has 1 aliphatic carbocycles. The van der Waals surface area contributed by atoms with E-state index in [2.05, 4.69) is 0 Å². The van der Waals surface area contributed by atoms with Crippen molar-refractivity contribution in [1.29, 1.82) is 0 Å². The average Bonchev–Trinajstić information content (AvgIpc) is 3.34. The van der Waals surface area contributed by atoms with Crippen LogP contribution in [-0.4, -0.2) is 147 Å². The summed E-state index contributed by atoms with van der Waals surface area (Å²) in [6.45, 7) is 16.4. The number of ether oxygens (including phenoxy) is 7. The molecule has 70 heavy (non-hydrogen) atoms. The molecule has 4 rings (SSSR count). The maximum atomic E-state index is 14.5. The molecule has 1 saturated carbocycles. The largest absolute Gasteiger partial charge is 0.460 e. The first-order valence-corrected chi connectivity index (χ1v) is 26.0. The number of aliphatic hydroxyl groups is 2. The van der Waals surface area contributed by atoms with Crippen molar-refractivity contribution in [3.63, 3.8) is 0 Å². The van der Waals surface area contributed by atoms with E-state index < -0.39 is 77.8 Å². The fraction of sp³-hybridized carbons (Fsp3) is 0.764. The summed E-state index contributed by atoms with van der Waals surface area (Å²) in [5, 5.41) is 23.5. The van der Waals surface area contributed by atoms with Gasteiger partial charge in [0.25, 0.3) is 11.7 Å². The summed E-state index contributed by atoms with van der Waals surface area (Å²) in [5.41, 5.74) is 1.28. The highest BCUT2D eigenvalue weighted by Gasteiger charge is 2.53. The highest BCUT2D eigenvalue weighted by Crippen LogP contribution is 2.38. The zero-order chi connectivity index (χ0) is 51.7. The van der Waals surface area contributed by atoms with Gasteiger partial charge in [0, 0.05) is 65.1 Å². The summed E-state index contributed by atoms with van der Waals surface area (Å²) in [4.78, 5) is 72.4. The van der Waals surface area contributed by atoms with Crippen LogP contribution in [-0.2, 0) is 57.1 Å². The van der Waals surface area contributed by atoms with Crippen molar-refractivity contribution in [2.45, 2.75) is 187 Å². The van der Waals surface area contributed by atoms with E-state index in [-0.39, 0.29) is 60.9 Å². The van der Waals surface area contributed by atoms with Gasteiger partial charge in [0.1, 0.15) is 30.1 Å². The van der Waals surface area contributed by atoms with Crippen LogP contribution in [0.15, 0.2) is 47.6 Å². The number of amides is 1. The fourth-order valence-electron chi connectivity index (χ4n) is 10.7. The third-order valence-electron chi connectivity index (χ3n) is 15.2. The number of hydrogen-bond donors (Lipinski definition) is 2. The molecule has 0 aromatic rings. The van der Waals surface area contributed by atoms with Crippen LogP contribution >= 0.6 is 0 Å². The van der Waals surface area contributed by atoms with Gasteiger partial charge in [-0.25, -0.2) is 4.79 Å². The molecule has 3 aliphatic heterocycles. The number of cyclic esters (lactones) is 1. The lowest BCUT2D eigenvalue weighted by atomic mass is 9.78. The summed E-state index contributed by atoms with van der Waals surface area (Å²) >= 11 is 0. The van der Waals surface area contributed by atoms with Crippen LogP contribution in [0.25, 0.3) is 0 Å². The van der Waals surface area contributed by atoms with Gasteiger partial charge < -0.3 is 48.3 Å². The monoisotopic (exact) mass is 986 g/mol. The molecule has 0 aromatic carbocycles. The number of nitrogens with zero attached hydrogens (tertiary/aromatic N) is 1. The van der Waals surface area contributed by atoms with E-state index in [9.17, 15) is 34.2 Å². The zero-order valence-corrected chi connectivity index (χ0v) is 44.1. The van der Waals surface area contributed by atoms with E-state index in [1.165, 1.54) is 12.0 Å². The molecule has 15 atom stereocenters. The summed E-state index contributed by atoms with van der Waals surface area (Å²) in [5.74, 6) is -7.83. The van der Waals surface area contributed by atoms with Gasteiger partial charge in [-0.2, -0.15) is 0 Å². The highest BCUT2D eigenvalue weighted by molar-refractivity contribution is 6.39. The molecule has 1 amide bonds. The van der Waals surface area contributed by atoms with Gasteiger partial charge in [-0.3, -0.25) is 19.2 Å². The first-order chi connectivity index (χ1) is 33.3. The Morgan fingerprint density at radius 2 is 1.59 bits per heavy atom. The number of fused-ring (bicyclic) bond motifs is 3. The number of allylic oxidation sites excluding steroid dienone is 6. The second kappa shape index (κ2) is 28.7. The summed E-state index contributed by atoms with van der Waals surface area (Å²) < 4.78 is 41.5. The minimum absolute atomic E-state index is 0.0195. The lowest BCUT2D eigenvalue weighted by molar-refractivity contribution is -0.265. The van der Waals surface area contributed by atoms with Crippen molar-refractivity contribution in [3.8, 4) is 0 Å². The molecule has 0 spiro atoms. The molecule has 396 valence electrons. The molecular weight excluding hydrogens is 899 g/mol. The fourth-order valence-corrected chi connectivity index (χ4v) is 10.7. The zero-order valence-electron chi connectivity index (χ0n) is 44.1. The Balaban J connectivity index is 1.68. The molecule has 0 aromatic heterocycles. The number of Topliss-reactive ketones (excluding diaryl/α,β-unsaturated/α-hetero) is 3. The number of esters is 1. The number of aliphatic hydroxyl groups excluding tert-OH is 1. The molecule has 3 fully saturated rings. The second-order valence-corrected chi connectivity index (χ2v) is 20.6. The van der Waals surface area contributed by atoms with Crippen LogP contribution in [0.1, 0.15) is 132 Å². The predicted molar refractivity (Wildman–Crippen MR) is 265 cm³/mol. The molecule has 0 radical (unpaired) electrons. The number of ketones is 3. The number of carbonyl (C=O) groups is 5. The molecule has 1 unspecified atom stereocenters. The summed E-state index contributed by atoms with van der Waals surface area (Å²) in [6.07, 6.45) is 12.4. The molecule has 15 nitrogen and oxygen atoms in total. The van der Waals surface area contributed by atoms with Crippen molar-refractivity contribution in [2.75, 3.05) is 47.7 Å². The van der Waals surface area contributed by atoms with E-state index in [0.717, 1.165) is 18.4 Å². The van der Waals surface area contributed by atoms with Gasteiger partial charge in [-0.15, -0.1) is 0 Å². The van der Waals surface area contributed by atoms with Crippen LogP contribution in [0.4, 0.5) is 0 Å². The van der Waals surface area contributed by atoms with E-state index >= 15 is 0 Å². The van der Waals surface area contributed by atoms with Gasteiger partial charge in [0.2, 0.25) is 5.79 Å². The topological polar surface area (TPSA) is 194 Å². The Kier molecular flexibility index (Phi) is 24.3. The van der Waals surface area contributed by atoms with Gasteiger partial charge in [-0.1, -0.05) is 71.1 Å². The van der Waals surface area contributed by atoms with E-state index in [4.69, 9.17) is 33.2 Å². The molecule has 2 saturated heterocycles. The molecular formula is C55H87NO14. The van der Waals surface area contributed by atoms with Crippen molar-refractivity contribution >= 4 is 29.2 Å². The third-order valence-corrected chi connectivity index (χ3v) is 15.2. The van der Waals surface area contributed by atoms with Crippen molar-refractivity contribution < 1.29 is 67.3 Å². The smallest absolute Gasteiger partial charge is 0.329 e. The van der Waals surface area contributed by atoms with Crippen LogP contribution in [0.3, 0.4) is 0 Å². The van der Waals surface area contributed by atoms with E-state index in [0.29, 0.717) is 76.8 Å². The Hall–Kier alpha value is -3.41. The quantitative estimate of drug-likeness (QED) is 0.0911. The highest BCUT2D eigenvalue weighted by atomic mass is 16.6. The first-order valence-electron chi connectivity index (χ1n) is 26.0.